The maximum Gasteiger partial charge on any atom is 0.220 e. The van der Waals surface area contributed by atoms with Gasteiger partial charge in [-0.15, -0.1) is 0 Å². The average Bonchev–Trinajstić information content (AvgIpc) is 2.37. The molecule has 0 bridgehead atoms. The molecular weight excluding hydrogens is 270 g/mol. The Labute approximate surface area is 124 Å². The Kier molecular flexibility index (Phi) is 6.21. The van der Waals surface area contributed by atoms with Crippen LogP contribution in [-0.2, 0) is 9.59 Å². The number of hydrogen-bond donors (Lipinski definition) is 0. The Morgan fingerprint density at radius 2 is 1.71 bits per heavy atom. The van der Waals surface area contributed by atoms with E-state index in [0.717, 1.165) is 11.1 Å². The summed E-state index contributed by atoms with van der Waals surface area (Å²) in [6.07, 6.45) is 0.437. The monoisotopic (exact) mass is 291 g/mol. The van der Waals surface area contributed by atoms with Crippen molar-refractivity contribution in [2.45, 2.75) is 52.0 Å². The molecule has 0 aromatic heterocycles. The molecule has 0 aliphatic heterocycles. The van der Waals surface area contributed by atoms with Gasteiger partial charge in [-0.25, -0.2) is 0 Å². The zero-order chi connectivity index (χ0) is 16.0. The maximum absolute atomic E-state index is 11.5. The lowest BCUT2D eigenvalue weighted by Crippen LogP contribution is -2.29. The minimum atomic E-state index is -0.916. The second kappa shape index (κ2) is 7.67. The van der Waals surface area contributed by atoms with Crippen molar-refractivity contribution in [1.82, 2.24) is 0 Å². The summed E-state index contributed by atoms with van der Waals surface area (Å²) in [7, 11) is 0. The van der Waals surface area contributed by atoms with E-state index in [1.165, 1.54) is 13.8 Å². The first-order chi connectivity index (χ1) is 9.81. The van der Waals surface area contributed by atoms with Gasteiger partial charge in [0.25, 0.3) is 0 Å². The standard InChI is InChI=1S/C16H21NO4/c1-11-4-7-14(8-5-11)15(10-13(3)19)16(17(20)21)9-6-12(2)18/h4-5,7-8,15-16H,6,9-10H2,1-3H3/t15-,16-/m1/s1. The second-order valence-electron chi connectivity index (χ2n) is 5.52. The zero-order valence-electron chi connectivity index (χ0n) is 12.7. The quantitative estimate of drug-likeness (QED) is 0.544. The van der Waals surface area contributed by atoms with Crippen molar-refractivity contribution in [3.8, 4) is 0 Å². The zero-order valence-corrected chi connectivity index (χ0v) is 12.7. The van der Waals surface area contributed by atoms with Crippen molar-refractivity contribution in [3.63, 3.8) is 0 Å². The van der Waals surface area contributed by atoms with Gasteiger partial charge in [0.15, 0.2) is 0 Å². The minimum Gasteiger partial charge on any atom is -0.300 e. The van der Waals surface area contributed by atoms with E-state index in [4.69, 9.17) is 0 Å². The summed E-state index contributed by atoms with van der Waals surface area (Å²) in [5.41, 5.74) is 1.84. The van der Waals surface area contributed by atoms with Crippen molar-refractivity contribution in [1.29, 1.82) is 0 Å². The first-order valence-electron chi connectivity index (χ1n) is 7.00. The summed E-state index contributed by atoms with van der Waals surface area (Å²) >= 11 is 0. The van der Waals surface area contributed by atoms with Crippen LogP contribution in [0.15, 0.2) is 24.3 Å². The summed E-state index contributed by atoms with van der Waals surface area (Å²) in [6.45, 7) is 4.79. The summed E-state index contributed by atoms with van der Waals surface area (Å²) in [4.78, 5) is 33.6. The van der Waals surface area contributed by atoms with E-state index in [9.17, 15) is 19.7 Å². The van der Waals surface area contributed by atoms with Crippen molar-refractivity contribution < 1.29 is 14.5 Å². The molecule has 2 atom stereocenters. The van der Waals surface area contributed by atoms with Crippen LogP contribution in [-0.4, -0.2) is 22.5 Å². The molecule has 0 saturated carbocycles. The minimum absolute atomic E-state index is 0.0765. The highest BCUT2D eigenvalue weighted by atomic mass is 16.6. The largest absolute Gasteiger partial charge is 0.300 e. The molecule has 1 aromatic rings. The number of nitro groups is 1. The van der Waals surface area contributed by atoms with Crippen molar-refractivity contribution in [3.05, 3.63) is 45.5 Å². The van der Waals surface area contributed by atoms with Gasteiger partial charge in [-0.05, 0) is 26.3 Å². The van der Waals surface area contributed by atoms with E-state index >= 15 is 0 Å². The molecule has 1 rings (SSSR count). The Bertz CT molecular complexity index is 522. The number of benzene rings is 1. The van der Waals surface area contributed by atoms with Crippen LogP contribution in [0.25, 0.3) is 0 Å². The number of aryl methyl sites for hydroxylation is 1. The normalized spacial score (nSPS) is 13.5. The molecule has 0 N–H and O–H groups in total. The van der Waals surface area contributed by atoms with Crippen LogP contribution in [0.5, 0.6) is 0 Å². The third-order valence-electron chi connectivity index (χ3n) is 3.54. The number of Topliss-reactive ketones (excluding diaryl/α,β-unsaturated/α-hetero) is 2. The third kappa shape index (κ3) is 5.45. The SMILES string of the molecule is CC(=O)CC[C@H]([C@H](CC(C)=O)c1ccc(C)cc1)[N+](=O)[O-]. The molecule has 0 aliphatic rings. The predicted octanol–water partition coefficient (Wildman–Crippen LogP) is 3.07. The first kappa shape index (κ1) is 17.0. The summed E-state index contributed by atoms with van der Waals surface area (Å²) < 4.78 is 0. The molecule has 0 saturated heterocycles. The van der Waals surface area contributed by atoms with Crippen LogP contribution in [0.4, 0.5) is 0 Å². The maximum atomic E-state index is 11.5. The highest BCUT2D eigenvalue weighted by molar-refractivity contribution is 5.77. The van der Waals surface area contributed by atoms with E-state index in [1.54, 1.807) is 0 Å². The highest BCUT2D eigenvalue weighted by Gasteiger charge is 2.33. The number of carbonyl (C=O) groups excluding carboxylic acids is 2. The van der Waals surface area contributed by atoms with Crippen LogP contribution >= 0.6 is 0 Å². The number of nitrogens with zero attached hydrogens (tertiary/aromatic N) is 1. The number of carbonyl (C=O) groups is 2. The molecule has 114 valence electrons. The van der Waals surface area contributed by atoms with Gasteiger partial charge >= 0.3 is 0 Å². The number of ketones is 2. The van der Waals surface area contributed by atoms with Crippen molar-refractivity contribution >= 4 is 11.6 Å². The van der Waals surface area contributed by atoms with Crippen molar-refractivity contribution in [2.75, 3.05) is 0 Å². The van der Waals surface area contributed by atoms with Crippen LogP contribution in [0.3, 0.4) is 0 Å². The Morgan fingerprint density at radius 3 is 2.14 bits per heavy atom. The number of hydrogen-bond acceptors (Lipinski definition) is 4. The molecule has 0 spiro atoms. The lowest BCUT2D eigenvalue weighted by molar-refractivity contribution is -0.527. The van der Waals surface area contributed by atoms with E-state index < -0.39 is 12.0 Å². The van der Waals surface area contributed by atoms with Crippen LogP contribution in [0, 0.1) is 17.0 Å². The van der Waals surface area contributed by atoms with E-state index in [1.807, 2.05) is 31.2 Å². The second-order valence-corrected chi connectivity index (χ2v) is 5.52. The van der Waals surface area contributed by atoms with Gasteiger partial charge in [0.1, 0.15) is 11.6 Å². The fourth-order valence-electron chi connectivity index (χ4n) is 2.40. The first-order valence-corrected chi connectivity index (χ1v) is 7.00. The predicted molar refractivity (Wildman–Crippen MR) is 79.9 cm³/mol. The van der Waals surface area contributed by atoms with E-state index in [0.29, 0.717) is 0 Å². The molecule has 0 unspecified atom stereocenters. The molecule has 1 aromatic carbocycles. The average molecular weight is 291 g/mol. The molecule has 21 heavy (non-hydrogen) atoms. The van der Waals surface area contributed by atoms with E-state index in [2.05, 4.69) is 0 Å². The Morgan fingerprint density at radius 1 is 1.14 bits per heavy atom. The van der Waals surface area contributed by atoms with Gasteiger partial charge in [0.2, 0.25) is 6.04 Å². The molecule has 0 heterocycles. The Balaban J connectivity index is 3.07. The molecule has 0 aliphatic carbocycles. The number of rotatable bonds is 8. The lowest BCUT2D eigenvalue weighted by atomic mass is 9.84. The molecule has 0 fully saturated rings. The van der Waals surface area contributed by atoms with E-state index in [-0.39, 0.29) is 35.8 Å². The summed E-state index contributed by atoms with van der Waals surface area (Å²) in [5.74, 6) is -0.653. The topological polar surface area (TPSA) is 77.3 Å². The smallest absolute Gasteiger partial charge is 0.220 e. The molecule has 5 nitrogen and oxygen atoms in total. The van der Waals surface area contributed by atoms with Gasteiger partial charge < -0.3 is 9.59 Å². The van der Waals surface area contributed by atoms with Crippen LogP contribution in [0.1, 0.15) is 50.2 Å². The van der Waals surface area contributed by atoms with Crippen LogP contribution < -0.4 is 0 Å². The van der Waals surface area contributed by atoms with Gasteiger partial charge in [-0.3, -0.25) is 10.1 Å². The fourth-order valence-corrected chi connectivity index (χ4v) is 2.40. The van der Waals surface area contributed by atoms with Gasteiger partial charge in [0, 0.05) is 24.2 Å². The fraction of sp³-hybridized carbons (Fsp3) is 0.500. The summed E-state index contributed by atoms with van der Waals surface area (Å²) in [6, 6.07) is 6.50. The van der Waals surface area contributed by atoms with Crippen LogP contribution in [0.2, 0.25) is 0 Å². The third-order valence-corrected chi connectivity index (χ3v) is 3.54. The van der Waals surface area contributed by atoms with Gasteiger partial charge in [0.05, 0.1) is 5.92 Å². The van der Waals surface area contributed by atoms with Crippen molar-refractivity contribution in [2.24, 2.45) is 0 Å². The molecular formula is C16H21NO4. The van der Waals surface area contributed by atoms with Gasteiger partial charge in [-0.1, -0.05) is 29.8 Å². The Hall–Kier alpha value is -2.04. The highest BCUT2D eigenvalue weighted by Crippen LogP contribution is 2.29. The lowest BCUT2D eigenvalue weighted by Gasteiger charge is -2.20. The van der Waals surface area contributed by atoms with Gasteiger partial charge in [-0.2, -0.15) is 0 Å². The molecule has 5 heteroatoms. The summed E-state index contributed by atoms with van der Waals surface area (Å²) in [5, 5.41) is 11.4. The molecule has 0 amide bonds. The molecule has 0 radical (unpaired) electrons.